The highest BCUT2D eigenvalue weighted by atomic mass is 16.3. The lowest BCUT2D eigenvalue weighted by Gasteiger charge is -2.13. The normalized spacial score (nSPS) is 17.6. The molecule has 1 aromatic heterocycles. The summed E-state index contributed by atoms with van der Waals surface area (Å²) in [5.74, 6) is 1.43. The number of aromatic hydroxyl groups is 1. The molecule has 0 saturated carbocycles. The molecule has 0 amide bonds. The van der Waals surface area contributed by atoms with Crippen LogP contribution in [0.1, 0.15) is 35.8 Å². The molecule has 0 bridgehead atoms. The molecule has 3 N–H and O–H groups in total. The molecule has 0 aliphatic heterocycles. The van der Waals surface area contributed by atoms with E-state index in [1.54, 1.807) is 12.3 Å². The van der Waals surface area contributed by atoms with Gasteiger partial charge < -0.3 is 15.4 Å². The fourth-order valence-electron chi connectivity index (χ4n) is 2.78. The lowest BCUT2D eigenvalue weighted by Crippen LogP contribution is -2.20. The molecule has 0 fully saturated rings. The summed E-state index contributed by atoms with van der Waals surface area (Å²) in [7, 11) is 0. The highest BCUT2D eigenvalue weighted by Gasteiger charge is 2.21. The van der Waals surface area contributed by atoms with Crippen molar-refractivity contribution < 1.29 is 5.11 Å². The van der Waals surface area contributed by atoms with Crippen molar-refractivity contribution in [2.75, 3.05) is 6.54 Å². The van der Waals surface area contributed by atoms with Crippen LogP contribution in [0.25, 0.3) is 0 Å². The zero-order valence-electron chi connectivity index (χ0n) is 10.9. The summed E-state index contributed by atoms with van der Waals surface area (Å²) >= 11 is 0. The number of phenols is 1. The quantitative estimate of drug-likeness (QED) is 0.720. The Morgan fingerprint density at radius 1 is 1.42 bits per heavy atom. The summed E-state index contributed by atoms with van der Waals surface area (Å²) in [6.07, 6.45) is 7.90. The Balaban J connectivity index is 1.50. The van der Waals surface area contributed by atoms with Crippen LogP contribution in [0.5, 0.6) is 5.75 Å². The molecule has 2 aromatic rings. The van der Waals surface area contributed by atoms with Gasteiger partial charge in [0.2, 0.25) is 0 Å². The summed E-state index contributed by atoms with van der Waals surface area (Å²) in [4.78, 5) is 7.34. The first kappa shape index (κ1) is 12.2. The van der Waals surface area contributed by atoms with Gasteiger partial charge in [-0.2, -0.15) is 0 Å². The summed E-state index contributed by atoms with van der Waals surface area (Å²) in [6.45, 7) is 0.992. The van der Waals surface area contributed by atoms with E-state index in [1.807, 2.05) is 18.3 Å². The van der Waals surface area contributed by atoms with E-state index in [0.717, 1.165) is 38.1 Å². The molecule has 1 atom stereocenters. The molecule has 0 saturated heterocycles. The Hall–Kier alpha value is -1.81. The number of aromatic nitrogens is 2. The van der Waals surface area contributed by atoms with Crippen LogP contribution < -0.4 is 5.32 Å². The van der Waals surface area contributed by atoms with E-state index in [-0.39, 0.29) is 0 Å². The van der Waals surface area contributed by atoms with Gasteiger partial charge >= 0.3 is 0 Å². The maximum Gasteiger partial charge on any atom is 0.115 e. The van der Waals surface area contributed by atoms with Crippen LogP contribution in [-0.2, 0) is 12.8 Å². The van der Waals surface area contributed by atoms with Gasteiger partial charge in [-0.05, 0) is 49.1 Å². The van der Waals surface area contributed by atoms with E-state index < -0.39 is 0 Å². The topological polar surface area (TPSA) is 60.9 Å². The van der Waals surface area contributed by atoms with Crippen LogP contribution in [-0.4, -0.2) is 21.6 Å². The SMILES string of the molecule is Oc1ccc2c(c1)CCC2NCCCc1ncc[nH]1. The first-order chi connectivity index (χ1) is 9.33. The van der Waals surface area contributed by atoms with E-state index in [0.29, 0.717) is 11.8 Å². The van der Waals surface area contributed by atoms with Gasteiger partial charge in [0.1, 0.15) is 11.6 Å². The average molecular weight is 257 g/mol. The summed E-state index contributed by atoms with van der Waals surface area (Å²) in [6, 6.07) is 6.15. The van der Waals surface area contributed by atoms with Gasteiger partial charge in [0.25, 0.3) is 0 Å². The number of nitrogens with zero attached hydrogens (tertiary/aromatic N) is 1. The average Bonchev–Trinajstić information content (AvgIpc) is 3.03. The predicted molar refractivity (Wildman–Crippen MR) is 74.1 cm³/mol. The fourth-order valence-corrected chi connectivity index (χ4v) is 2.78. The first-order valence-electron chi connectivity index (χ1n) is 6.86. The minimum Gasteiger partial charge on any atom is -0.508 e. The van der Waals surface area contributed by atoms with Crippen molar-refractivity contribution in [1.82, 2.24) is 15.3 Å². The monoisotopic (exact) mass is 257 g/mol. The molecule has 3 rings (SSSR count). The summed E-state index contributed by atoms with van der Waals surface area (Å²) in [5.41, 5.74) is 2.62. The number of hydrogen-bond acceptors (Lipinski definition) is 3. The number of fused-ring (bicyclic) bond motifs is 1. The standard InChI is InChI=1S/C15H19N3O/c19-12-4-5-13-11(10-12)3-6-14(13)16-7-1-2-15-17-8-9-18-15/h4-5,8-10,14,16,19H,1-3,6-7H2,(H,17,18). The van der Waals surface area contributed by atoms with Crippen molar-refractivity contribution in [3.05, 3.63) is 47.5 Å². The van der Waals surface area contributed by atoms with E-state index in [2.05, 4.69) is 15.3 Å². The predicted octanol–water partition coefficient (Wildman–Crippen LogP) is 2.32. The zero-order chi connectivity index (χ0) is 13.1. The van der Waals surface area contributed by atoms with Crippen LogP contribution in [0.3, 0.4) is 0 Å². The Bertz CT molecular complexity index is 536. The number of H-pyrrole nitrogens is 1. The van der Waals surface area contributed by atoms with Gasteiger partial charge in [-0.1, -0.05) is 6.07 Å². The number of nitrogens with one attached hydrogen (secondary N) is 2. The van der Waals surface area contributed by atoms with Crippen molar-refractivity contribution in [3.8, 4) is 5.75 Å². The second-order valence-electron chi connectivity index (χ2n) is 5.07. The van der Waals surface area contributed by atoms with Gasteiger partial charge in [-0.15, -0.1) is 0 Å². The van der Waals surface area contributed by atoms with Crippen LogP contribution in [0.15, 0.2) is 30.6 Å². The van der Waals surface area contributed by atoms with Crippen molar-refractivity contribution >= 4 is 0 Å². The minimum absolute atomic E-state index is 0.372. The molecule has 100 valence electrons. The fraction of sp³-hybridized carbons (Fsp3) is 0.400. The second-order valence-corrected chi connectivity index (χ2v) is 5.07. The van der Waals surface area contributed by atoms with E-state index in [1.165, 1.54) is 11.1 Å². The summed E-state index contributed by atoms with van der Waals surface area (Å²) < 4.78 is 0. The minimum atomic E-state index is 0.372. The van der Waals surface area contributed by atoms with Gasteiger partial charge in [0, 0.05) is 24.9 Å². The molecule has 4 nitrogen and oxygen atoms in total. The number of aryl methyl sites for hydroxylation is 2. The molecule has 0 spiro atoms. The Morgan fingerprint density at radius 2 is 2.37 bits per heavy atom. The smallest absolute Gasteiger partial charge is 0.115 e. The number of rotatable bonds is 5. The second kappa shape index (κ2) is 5.45. The van der Waals surface area contributed by atoms with E-state index in [4.69, 9.17) is 0 Å². The van der Waals surface area contributed by atoms with Crippen LogP contribution >= 0.6 is 0 Å². The van der Waals surface area contributed by atoms with Crippen molar-refractivity contribution in [3.63, 3.8) is 0 Å². The molecule has 1 aromatic carbocycles. The van der Waals surface area contributed by atoms with Crippen molar-refractivity contribution in [1.29, 1.82) is 0 Å². The van der Waals surface area contributed by atoms with Gasteiger partial charge in [-0.3, -0.25) is 0 Å². The lowest BCUT2D eigenvalue weighted by atomic mass is 10.1. The number of hydrogen-bond donors (Lipinski definition) is 3. The van der Waals surface area contributed by atoms with Crippen LogP contribution in [0, 0.1) is 0 Å². The van der Waals surface area contributed by atoms with E-state index >= 15 is 0 Å². The molecule has 1 aliphatic carbocycles. The maximum atomic E-state index is 9.47. The molecular formula is C15H19N3O. The third-order valence-corrected chi connectivity index (χ3v) is 3.74. The number of imidazole rings is 1. The van der Waals surface area contributed by atoms with Crippen LogP contribution in [0.2, 0.25) is 0 Å². The molecule has 19 heavy (non-hydrogen) atoms. The zero-order valence-corrected chi connectivity index (χ0v) is 10.9. The molecule has 0 radical (unpaired) electrons. The van der Waals surface area contributed by atoms with Gasteiger partial charge in [-0.25, -0.2) is 4.98 Å². The molecular weight excluding hydrogens is 238 g/mol. The third kappa shape index (κ3) is 2.79. The Labute approximate surface area is 112 Å². The lowest BCUT2D eigenvalue weighted by molar-refractivity contribution is 0.474. The number of aromatic amines is 1. The Morgan fingerprint density at radius 3 is 3.21 bits per heavy atom. The van der Waals surface area contributed by atoms with Gasteiger partial charge in [0.05, 0.1) is 0 Å². The molecule has 4 heteroatoms. The highest BCUT2D eigenvalue weighted by Crippen LogP contribution is 2.33. The highest BCUT2D eigenvalue weighted by molar-refractivity contribution is 5.39. The number of benzene rings is 1. The number of phenolic OH excluding ortho intramolecular Hbond substituents is 1. The van der Waals surface area contributed by atoms with E-state index in [9.17, 15) is 5.11 Å². The Kier molecular flexibility index (Phi) is 3.51. The van der Waals surface area contributed by atoms with Gasteiger partial charge in [0.15, 0.2) is 0 Å². The largest absolute Gasteiger partial charge is 0.508 e. The first-order valence-corrected chi connectivity index (χ1v) is 6.86. The maximum absolute atomic E-state index is 9.47. The van der Waals surface area contributed by atoms with Crippen molar-refractivity contribution in [2.45, 2.75) is 31.7 Å². The third-order valence-electron chi connectivity index (χ3n) is 3.74. The summed E-state index contributed by atoms with van der Waals surface area (Å²) in [5, 5.41) is 13.1. The van der Waals surface area contributed by atoms with Crippen molar-refractivity contribution in [2.24, 2.45) is 0 Å². The van der Waals surface area contributed by atoms with Crippen LogP contribution in [0.4, 0.5) is 0 Å². The molecule has 1 heterocycles. The molecule has 1 unspecified atom stereocenters. The molecule has 1 aliphatic rings.